The van der Waals surface area contributed by atoms with E-state index in [2.05, 4.69) is 16.9 Å². The number of urea groups is 1. The van der Waals surface area contributed by atoms with Gasteiger partial charge in [0.2, 0.25) is 0 Å². The monoisotopic (exact) mass is 300 g/mol. The third kappa shape index (κ3) is 3.40. The van der Waals surface area contributed by atoms with Crippen molar-refractivity contribution >= 4 is 23.8 Å². The Morgan fingerprint density at radius 3 is 2.40 bits per heavy atom. The first kappa shape index (κ1) is 15.5. The molecule has 0 aliphatic heterocycles. The Labute approximate surface area is 124 Å². The van der Waals surface area contributed by atoms with E-state index in [4.69, 9.17) is 0 Å². The fraction of sp³-hybridized carbons (Fsp3) is 0.857. The van der Waals surface area contributed by atoms with Gasteiger partial charge in [0.15, 0.2) is 0 Å². The van der Waals surface area contributed by atoms with E-state index in [0.29, 0.717) is 18.1 Å². The lowest BCUT2D eigenvalue weighted by molar-refractivity contribution is -0.144. The van der Waals surface area contributed by atoms with Gasteiger partial charge in [-0.3, -0.25) is 0 Å². The molecule has 0 aromatic carbocycles. The summed E-state index contributed by atoms with van der Waals surface area (Å²) in [4.78, 5) is 23.6. The van der Waals surface area contributed by atoms with E-state index in [0.717, 1.165) is 32.1 Å². The highest BCUT2D eigenvalue weighted by molar-refractivity contribution is 7.99. The van der Waals surface area contributed by atoms with Crippen molar-refractivity contribution in [2.24, 2.45) is 0 Å². The van der Waals surface area contributed by atoms with Crippen LogP contribution in [0.2, 0.25) is 0 Å². The van der Waals surface area contributed by atoms with Gasteiger partial charge in [-0.15, -0.1) is 0 Å². The minimum absolute atomic E-state index is 0.158. The Kier molecular flexibility index (Phi) is 5.18. The van der Waals surface area contributed by atoms with Gasteiger partial charge in [-0.05, 0) is 31.9 Å². The van der Waals surface area contributed by atoms with Crippen LogP contribution in [-0.4, -0.2) is 40.2 Å². The maximum atomic E-state index is 12.1. The molecule has 0 heterocycles. The molecule has 6 heteroatoms. The smallest absolute Gasteiger partial charge is 0.329 e. The lowest BCUT2D eigenvalue weighted by Gasteiger charge is -2.33. The zero-order valence-corrected chi connectivity index (χ0v) is 12.8. The van der Waals surface area contributed by atoms with Gasteiger partial charge < -0.3 is 15.7 Å². The van der Waals surface area contributed by atoms with E-state index < -0.39 is 11.5 Å². The molecule has 0 aromatic rings. The van der Waals surface area contributed by atoms with E-state index in [-0.39, 0.29) is 12.1 Å². The SMILES string of the molecule is CSC1CCCCC1NC(=O)NC1(C(=O)O)CCCC1. The highest BCUT2D eigenvalue weighted by atomic mass is 32.2. The summed E-state index contributed by atoms with van der Waals surface area (Å²) in [5, 5.41) is 15.5. The van der Waals surface area contributed by atoms with E-state index in [1.807, 2.05) is 0 Å². The number of hydrogen-bond acceptors (Lipinski definition) is 3. The van der Waals surface area contributed by atoms with Crippen molar-refractivity contribution in [1.82, 2.24) is 10.6 Å². The van der Waals surface area contributed by atoms with Crippen molar-refractivity contribution in [2.45, 2.75) is 68.2 Å². The number of carbonyl (C=O) groups is 2. The van der Waals surface area contributed by atoms with E-state index >= 15 is 0 Å². The van der Waals surface area contributed by atoms with E-state index in [1.165, 1.54) is 6.42 Å². The molecule has 0 spiro atoms. The Morgan fingerprint density at radius 1 is 1.15 bits per heavy atom. The number of nitrogens with one attached hydrogen (secondary N) is 2. The molecule has 2 amide bonds. The molecule has 20 heavy (non-hydrogen) atoms. The summed E-state index contributed by atoms with van der Waals surface area (Å²) in [6.07, 6.45) is 9.32. The van der Waals surface area contributed by atoms with Crippen molar-refractivity contribution in [2.75, 3.05) is 6.26 Å². The van der Waals surface area contributed by atoms with Crippen molar-refractivity contribution in [3.05, 3.63) is 0 Å². The fourth-order valence-electron chi connectivity index (χ4n) is 3.34. The highest BCUT2D eigenvalue weighted by Crippen LogP contribution is 2.30. The summed E-state index contributed by atoms with van der Waals surface area (Å²) >= 11 is 1.79. The van der Waals surface area contributed by atoms with Gasteiger partial charge >= 0.3 is 12.0 Å². The average Bonchev–Trinajstić information content (AvgIpc) is 2.89. The van der Waals surface area contributed by atoms with Crippen molar-refractivity contribution in [1.29, 1.82) is 0 Å². The summed E-state index contributed by atoms with van der Waals surface area (Å²) in [6, 6.07) is -0.161. The van der Waals surface area contributed by atoms with Gasteiger partial charge in [0.1, 0.15) is 5.54 Å². The van der Waals surface area contributed by atoms with Crippen LogP contribution in [0.15, 0.2) is 0 Å². The number of amides is 2. The first-order chi connectivity index (χ1) is 9.57. The normalized spacial score (nSPS) is 28.9. The summed E-state index contributed by atoms with van der Waals surface area (Å²) in [6.45, 7) is 0. The molecular formula is C14H24N2O3S. The second kappa shape index (κ2) is 6.70. The lowest BCUT2D eigenvalue weighted by atomic mass is 9.94. The summed E-state index contributed by atoms with van der Waals surface area (Å²) in [5.41, 5.74) is -1.05. The van der Waals surface area contributed by atoms with Crippen LogP contribution in [0.3, 0.4) is 0 Å². The quantitative estimate of drug-likeness (QED) is 0.745. The van der Waals surface area contributed by atoms with Crippen LogP contribution in [0.1, 0.15) is 51.4 Å². The number of thioether (sulfide) groups is 1. The maximum Gasteiger partial charge on any atom is 0.329 e. The third-order valence-corrected chi connectivity index (χ3v) is 5.71. The molecule has 2 aliphatic rings. The van der Waals surface area contributed by atoms with Crippen molar-refractivity contribution in [3.8, 4) is 0 Å². The van der Waals surface area contributed by atoms with Crippen LogP contribution < -0.4 is 10.6 Å². The minimum Gasteiger partial charge on any atom is -0.480 e. The summed E-state index contributed by atoms with van der Waals surface area (Å²) in [7, 11) is 0. The first-order valence-corrected chi connectivity index (χ1v) is 8.71. The van der Waals surface area contributed by atoms with Gasteiger partial charge in [0, 0.05) is 11.3 Å². The number of carboxylic acid groups (broad SMARTS) is 1. The molecule has 0 aromatic heterocycles. The molecule has 2 aliphatic carbocycles. The maximum absolute atomic E-state index is 12.1. The molecule has 114 valence electrons. The number of aliphatic carboxylic acids is 1. The zero-order chi connectivity index (χ0) is 14.6. The molecule has 2 saturated carbocycles. The fourth-order valence-corrected chi connectivity index (χ4v) is 4.27. The highest BCUT2D eigenvalue weighted by Gasteiger charge is 2.43. The van der Waals surface area contributed by atoms with Gasteiger partial charge in [0.05, 0.1) is 0 Å². The van der Waals surface area contributed by atoms with Crippen molar-refractivity contribution in [3.63, 3.8) is 0 Å². The number of carbonyl (C=O) groups excluding carboxylic acids is 1. The molecule has 2 rings (SSSR count). The van der Waals surface area contributed by atoms with Crippen LogP contribution in [0, 0.1) is 0 Å². The predicted molar refractivity (Wildman–Crippen MR) is 80.1 cm³/mol. The number of rotatable bonds is 4. The summed E-state index contributed by atoms with van der Waals surface area (Å²) < 4.78 is 0. The van der Waals surface area contributed by atoms with Crippen LogP contribution in [0.25, 0.3) is 0 Å². The Morgan fingerprint density at radius 2 is 1.80 bits per heavy atom. The van der Waals surface area contributed by atoms with Gasteiger partial charge in [-0.1, -0.05) is 25.7 Å². The summed E-state index contributed by atoms with van der Waals surface area (Å²) in [5.74, 6) is -0.907. The molecule has 0 saturated heterocycles. The predicted octanol–water partition coefficient (Wildman–Crippen LogP) is 2.36. The Bertz CT molecular complexity index is 369. The Hall–Kier alpha value is -0.910. The number of carboxylic acids is 1. The lowest BCUT2D eigenvalue weighted by Crippen LogP contribution is -2.58. The average molecular weight is 300 g/mol. The van der Waals surface area contributed by atoms with Gasteiger partial charge in [-0.25, -0.2) is 9.59 Å². The molecule has 3 N–H and O–H groups in total. The van der Waals surface area contributed by atoms with Crippen molar-refractivity contribution < 1.29 is 14.7 Å². The number of hydrogen-bond donors (Lipinski definition) is 3. The Balaban J connectivity index is 1.92. The first-order valence-electron chi connectivity index (χ1n) is 7.42. The molecule has 5 nitrogen and oxygen atoms in total. The zero-order valence-electron chi connectivity index (χ0n) is 12.0. The standard InChI is InChI=1S/C14H24N2O3S/c1-20-11-7-3-2-6-10(11)15-13(19)16-14(12(17)18)8-4-5-9-14/h10-11H,2-9H2,1H3,(H,17,18)(H2,15,16,19). The molecular weight excluding hydrogens is 276 g/mol. The second-order valence-electron chi connectivity index (χ2n) is 5.86. The second-order valence-corrected chi connectivity index (χ2v) is 6.93. The van der Waals surface area contributed by atoms with Crippen LogP contribution in [-0.2, 0) is 4.79 Å². The van der Waals surface area contributed by atoms with Gasteiger partial charge in [0.25, 0.3) is 0 Å². The largest absolute Gasteiger partial charge is 0.480 e. The molecule has 0 radical (unpaired) electrons. The van der Waals surface area contributed by atoms with Gasteiger partial charge in [-0.2, -0.15) is 11.8 Å². The molecule has 2 atom stereocenters. The van der Waals surface area contributed by atoms with E-state index in [9.17, 15) is 14.7 Å². The van der Waals surface area contributed by atoms with E-state index in [1.54, 1.807) is 11.8 Å². The minimum atomic E-state index is -1.05. The topological polar surface area (TPSA) is 78.4 Å². The molecule has 2 unspecified atom stereocenters. The van der Waals surface area contributed by atoms with Crippen LogP contribution >= 0.6 is 11.8 Å². The molecule has 0 bridgehead atoms. The van der Waals surface area contributed by atoms with Crippen LogP contribution in [0.4, 0.5) is 4.79 Å². The van der Waals surface area contributed by atoms with Crippen LogP contribution in [0.5, 0.6) is 0 Å². The third-order valence-electron chi connectivity index (χ3n) is 4.54. The molecule has 2 fully saturated rings.